The van der Waals surface area contributed by atoms with Crippen LogP contribution in [0.5, 0.6) is 0 Å². The van der Waals surface area contributed by atoms with Crippen LogP contribution in [0.25, 0.3) is 0 Å². The average molecular weight is 611 g/mol. The zero-order valence-corrected chi connectivity index (χ0v) is 24.7. The molecule has 0 spiro atoms. The van der Waals surface area contributed by atoms with Gasteiger partial charge in [-0.2, -0.15) is 0 Å². The maximum Gasteiger partial charge on any atom is 0.472 e. The number of amides is 3. The summed E-state index contributed by atoms with van der Waals surface area (Å²) < 4.78 is 22.5. The number of benzene rings is 1. The number of nitrogens with one attached hydrogen (secondary N) is 3. The molecule has 1 unspecified atom stereocenters. The standard InChI is InChI=1S/C27H43N6O8P/c1-19(41-42(38,39)40-14-10-5-3-2-4-7-11-20-12-8-6-9-13-20)24(25(29)35)33-27(37)23(17-34)32-26(36)22(28)15-21-16-30-18-31-21/h6,8-9,12-13,16,18-19,22-24,34H,2-5,7,10-11,14-15,17,28H2,1H3,(H2,29,35)(H,30,31)(H,32,36)(H,33,37)(H,38,39)/t19-,22+,23+,24+/m1/s1. The summed E-state index contributed by atoms with van der Waals surface area (Å²) in [6.45, 7) is 0.406. The molecule has 0 aliphatic rings. The van der Waals surface area contributed by atoms with Crippen molar-refractivity contribution in [3.63, 3.8) is 0 Å². The van der Waals surface area contributed by atoms with E-state index in [0.29, 0.717) is 12.1 Å². The summed E-state index contributed by atoms with van der Waals surface area (Å²) in [4.78, 5) is 53.8. The van der Waals surface area contributed by atoms with Crippen molar-refractivity contribution < 1.29 is 38.0 Å². The largest absolute Gasteiger partial charge is 0.472 e. The van der Waals surface area contributed by atoms with Crippen molar-refractivity contribution in [3.8, 4) is 0 Å². The Morgan fingerprint density at radius 2 is 1.71 bits per heavy atom. The van der Waals surface area contributed by atoms with Gasteiger partial charge in [0.05, 0.1) is 31.7 Å². The number of phosphoric ester groups is 1. The Hall–Kier alpha value is -3.13. The lowest BCUT2D eigenvalue weighted by molar-refractivity contribution is -0.133. The number of nitrogens with zero attached hydrogens (tertiary/aromatic N) is 1. The minimum Gasteiger partial charge on any atom is -0.394 e. The molecule has 0 radical (unpaired) electrons. The third kappa shape index (κ3) is 13.2. The molecule has 0 aliphatic heterocycles. The second-order valence-corrected chi connectivity index (χ2v) is 11.4. The monoisotopic (exact) mass is 610 g/mol. The molecule has 1 aromatic carbocycles. The number of rotatable bonds is 21. The molecule has 2 aromatic rings. The van der Waals surface area contributed by atoms with E-state index in [4.69, 9.17) is 20.5 Å². The van der Waals surface area contributed by atoms with E-state index in [9.17, 15) is 28.9 Å². The molecule has 2 rings (SSSR count). The highest BCUT2D eigenvalue weighted by Crippen LogP contribution is 2.45. The van der Waals surface area contributed by atoms with Gasteiger partial charge in [-0.05, 0) is 31.7 Å². The fourth-order valence-corrected chi connectivity index (χ4v) is 5.10. The lowest BCUT2D eigenvalue weighted by Gasteiger charge is -2.26. The van der Waals surface area contributed by atoms with Gasteiger partial charge >= 0.3 is 7.82 Å². The highest BCUT2D eigenvalue weighted by molar-refractivity contribution is 7.47. The Labute approximate surface area is 245 Å². The molecular formula is C27H43N6O8P. The Morgan fingerprint density at radius 3 is 2.33 bits per heavy atom. The van der Waals surface area contributed by atoms with E-state index in [0.717, 1.165) is 38.5 Å². The number of aliphatic hydroxyl groups excluding tert-OH is 1. The lowest BCUT2D eigenvalue weighted by atomic mass is 10.1. The van der Waals surface area contributed by atoms with Crippen molar-refractivity contribution in [2.75, 3.05) is 13.2 Å². The van der Waals surface area contributed by atoms with Crippen LogP contribution in [0.15, 0.2) is 42.9 Å². The fraction of sp³-hybridized carbons (Fsp3) is 0.556. The number of carbonyl (C=O) groups excluding carboxylic acids is 3. The minimum atomic E-state index is -4.58. The van der Waals surface area contributed by atoms with Gasteiger partial charge in [-0.1, -0.05) is 56.0 Å². The molecule has 9 N–H and O–H groups in total. The second-order valence-electron chi connectivity index (χ2n) is 9.99. The van der Waals surface area contributed by atoms with Crippen LogP contribution in [0.4, 0.5) is 0 Å². The number of imidazole rings is 1. The summed E-state index contributed by atoms with van der Waals surface area (Å²) in [7, 11) is -4.58. The molecule has 15 heteroatoms. The number of primary amides is 1. The second kappa shape index (κ2) is 18.4. The van der Waals surface area contributed by atoms with Crippen LogP contribution < -0.4 is 22.1 Å². The maximum absolute atomic E-state index is 12.7. The molecule has 3 amide bonds. The van der Waals surface area contributed by atoms with Crippen molar-refractivity contribution in [3.05, 3.63) is 54.1 Å². The topological polar surface area (TPSA) is 232 Å². The molecule has 0 bridgehead atoms. The predicted molar refractivity (Wildman–Crippen MR) is 155 cm³/mol. The number of aliphatic hydroxyl groups is 1. The van der Waals surface area contributed by atoms with E-state index < -0.39 is 56.4 Å². The first kappa shape index (κ1) is 35.1. The molecule has 1 aromatic heterocycles. The summed E-state index contributed by atoms with van der Waals surface area (Å²) >= 11 is 0. The molecule has 234 valence electrons. The molecule has 1 heterocycles. The SMILES string of the molecule is C[C@@H](OP(=O)(O)OCCCCCCCCc1ccccc1)[C@H](NC(=O)[C@H](CO)NC(=O)[C@@H](N)Cc1cnc[nH]1)C(N)=O. The smallest absolute Gasteiger partial charge is 0.394 e. The Kier molecular flexibility index (Phi) is 15.4. The summed E-state index contributed by atoms with van der Waals surface area (Å²) in [6.07, 6.45) is 8.21. The van der Waals surface area contributed by atoms with Crippen LogP contribution in [-0.4, -0.2) is 75.1 Å². The Bertz CT molecular complexity index is 1140. The molecule has 0 saturated carbocycles. The van der Waals surface area contributed by atoms with Crippen LogP contribution in [0.2, 0.25) is 0 Å². The Balaban J connectivity index is 1.72. The normalized spacial score (nSPS) is 15.6. The van der Waals surface area contributed by atoms with Crippen molar-refractivity contribution in [1.82, 2.24) is 20.6 Å². The highest BCUT2D eigenvalue weighted by Gasteiger charge is 2.35. The first-order valence-corrected chi connectivity index (χ1v) is 15.5. The first-order valence-electron chi connectivity index (χ1n) is 14.0. The van der Waals surface area contributed by atoms with Crippen LogP contribution >= 0.6 is 7.82 Å². The van der Waals surface area contributed by atoms with Gasteiger partial charge in [-0.15, -0.1) is 0 Å². The maximum atomic E-state index is 12.7. The number of aromatic amines is 1. The van der Waals surface area contributed by atoms with E-state index in [1.54, 1.807) is 0 Å². The number of aromatic nitrogens is 2. The van der Waals surface area contributed by atoms with E-state index in [2.05, 4.69) is 32.7 Å². The number of nitrogens with two attached hydrogens (primary N) is 2. The highest BCUT2D eigenvalue weighted by atomic mass is 31.2. The van der Waals surface area contributed by atoms with E-state index in [1.165, 1.54) is 25.0 Å². The molecule has 14 nitrogen and oxygen atoms in total. The minimum absolute atomic E-state index is 0.0322. The van der Waals surface area contributed by atoms with Gasteiger partial charge in [0.25, 0.3) is 0 Å². The summed E-state index contributed by atoms with van der Waals surface area (Å²) in [5, 5.41) is 14.1. The summed E-state index contributed by atoms with van der Waals surface area (Å²) in [6, 6.07) is 6.18. The van der Waals surface area contributed by atoms with Crippen LogP contribution in [0.1, 0.15) is 56.7 Å². The van der Waals surface area contributed by atoms with Crippen molar-refractivity contribution in [2.24, 2.45) is 11.5 Å². The first-order chi connectivity index (χ1) is 20.0. The van der Waals surface area contributed by atoms with Gasteiger partial charge in [-0.25, -0.2) is 9.55 Å². The molecule has 0 fully saturated rings. The zero-order chi connectivity index (χ0) is 31.0. The van der Waals surface area contributed by atoms with Crippen molar-refractivity contribution >= 4 is 25.5 Å². The van der Waals surface area contributed by atoms with Gasteiger partial charge in [0.15, 0.2) is 0 Å². The summed E-state index contributed by atoms with van der Waals surface area (Å²) in [5.74, 6) is -2.78. The van der Waals surface area contributed by atoms with Crippen LogP contribution in [0.3, 0.4) is 0 Å². The van der Waals surface area contributed by atoms with Gasteiger partial charge in [0, 0.05) is 18.3 Å². The number of phosphoric acid groups is 1. The third-order valence-corrected chi connectivity index (χ3v) is 7.59. The van der Waals surface area contributed by atoms with Crippen LogP contribution in [-0.2, 0) is 40.8 Å². The molecule has 0 aliphatic carbocycles. The Morgan fingerprint density at radius 1 is 1.05 bits per heavy atom. The number of aryl methyl sites for hydroxylation is 1. The van der Waals surface area contributed by atoms with E-state index >= 15 is 0 Å². The number of carbonyl (C=O) groups is 3. The van der Waals surface area contributed by atoms with Crippen LogP contribution in [0, 0.1) is 0 Å². The van der Waals surface area contributed by atoms with Crippen molar-refractivity contribution in [1.29, 1.82) is 0 Å². The molecule has 5 atom stereocenters. The molecular weight excluding hydrogens is 567 g/mol. The molecule has 0 saturated heterocycles. The fourth-order valence-electron chi connectivity index (χ4n) is 4.14. The third-order valence-electron chi connectivity index (χ3n) is 6.48. The number of unbranched alkanes of at least 4 members (excludes halogenated alkanes) is 5. The lowest BCUT2D eigenvalue weighted by Crippen LogP contribution is -2.59. The molecule has 42 heavy (non-hydrogen) atoms. The van der Waals surface area contributed by atoms with Gasteiger partial charge in [0.1, 0.15) is 12.1 Å². The van der Waals surface area contributed by atoms with Gasteiger partial charge in [0.2, 0.25) is 17.7 Å². The van der Waals surface area contributed by atoms with Gasteiger partial charge < -0.3 is 37.1 Å². The van der Waals surface area contributed by atoms with Gasteiger partial charge in [-0.3, -0.25) is 23.4 Å². The van der Waals surface area contributed by atoms with Crippen molar-refractivity contribution in [2.45, 2.75) is 82.5 Å². The predicted octanol–water partition coefficient (Wildman–Crippen LogP) is 0.832. The number of hydrogen-bond donors (Lipinski definition) is 7. The van der Waals surface area contributed by atoms with E-state index in [-0.39, 0.29) is 13.0 Å². The average Bonchev–Trinajstić information content (AvgIpc) is 3.46. The van der Waals surface area contributed by atoms with E-state index in [1.807, 2.05) is 18.2 Å². The number of H-pyrrole nitrogens is 1. The quantitative estimate of drug-likeness (QED) is 0.0777. The summed E-state index contributed by atoms with van der Waals surface area (Å²) in [5.41, 5.74) is 13.1. The zero-order valence-electron chi connectivity index (χ0n) is 23.8. The number of hydrogen-bond acceptors (Lipinski definition) is 9.